The van der Waals surface area contributed by atoms with Gasteiger partial charge in [0.2, 0.25) is 0 Å². The van der Waals surface area contributed by atoms with Gasteiger partial charge in [0.15, 0.2) is 0 Å². The van der Waals surface area contributed by atoms with Crippen molar-refractivity contribution >= 4 is 17.3 Å². The number of para-hydroxylation sites is 1. The number of benzene rings is 1. The Bertz CT molecular complexity index is 545. The second-order valence-electron chi connectivity index (χ2n) is 5.95. The van der Waals surface area contributed by atoms with E-state index in [9.17, 15) is 14.9 Å². The molecule has 0 aliphatic carbocycles. The summed E-state index contributed by atoms with van der Waals surface area (Å²) in [6.45, 7) is 5.68. The Morgan fingerprint density at radius 2 is 1.95 bits per heavy atom. The van der Waals surface area contributed by atoms with Gasteiger partial charge in [-0.2, -0.15) is 0 Å². The van der Waals surface area contributed by atoms with E-state index in [1.165, 1.54) is 12.1 Å². The first-order chi connectivity index (χ1) is 9.32. The number of rotatable bonds is 2. The molecule has 20 heavy (non-hydrogen) atoms. The predicted octanol–water partition coefficient (Wildman–Crippen LogP) is 2.44. The number of nitro groups is 1. The third-order valence-corrected chi connectivity index (χ3v) is 3.91. The number of hydrogen-bond donors (Lipinski definition) is 1. The maximum Gasteiger partial charge on any atom is 0.292 e. The minimum absolute atomic E-state index is 0.0488. The lowest BCUT2D eigenvalue weighted by molar-refractivity contribution is -0.383. The van der Waals surface area contributed by atoms with Gasteiger partial charge in [-0.3, -0.25) is 14.9 Å². The van der Waals surface area contributed by atoms with E-state index in [1.807, 2.05) is 0 Å². The molecule has 1 amide bonds. The minimum Gasteiger partial charge on any atom is -0.393 e. The smallest absolute Gasteiger partial charge is 0.292 e. The Balaban J connectivity index is 2.22. The van der Waals surface area contributed by atoms with Crippen LogP contribution in [0.5, 0.6) is 0 Å². The molecule has 1 fully saturated rings. The molecule has 1 aromatic carbocycles. The van der Waals surface area contributed by atoms with Gasteiger partial charge in [-0.05, 0) is 24.3 Å². The van der Waals surface area contributed by atoms with Crippen molar-refractivity contribution in [1.82, 2.24) is 4.90 Å². The zero-order valence-electron chi connectivity index (χ0n) is 11.8. The van der Waals surface area contributed by atoms with E-state index in [0.29, 0.717) is 13.1 Å². The van der Waals surface area contributed by atoms with Gasteiger partial charge in [0, 0.05) is 19.2 Å². The SMILES string of the molecule is CC1(C)CCN(C(=O)c2cccc([N+](=O)[O-])c2N)CC1. The molecular formula is C14H19N3O3. The van der Waals surface area contributed by atoms with Crippen molar-refractivity contribution in [2.75, 3.05) is 18.8 Å². The van der Waals surface area contributed by atoms with E-state index in [4.69, 9.17) is 5.73 Å². The van der Waals surface area contributed by atoms with Crippen LogP contribution in [-0.2, 0) is 0 Å². The number of nitro benzene ring substituents is 1. The molecule has 0 aromatic heterocycles. The average molecular weight is 277 g/mol. The first kappa shape index (κ1) is 14.3. The van der Waals surface area contributed by atoms with Gasteiger partial charge >= 0.3 is 0 Å². The monoisotopic (exact) mass is 277 g/mol. The number of nitrogen functional groups attached to an aromatic ring is 1. The Morgan fingerprint density at radius 1 is 1.35 bits per heavy atom. The van der Waals surface area contributed by atoms with E-state index in [1.54, 1.807) is 11.0 Å². The van der Waals surface area contributed by atoms with Crippen LogP contribution in [-0.4, -0.2) is 28.8 Å². The second kappa shape index (κ2) is 5.11. The number of nitrogens with two attached hydrogens (primary N) is 1. The molecule has 108 valence electrons. The summed E-state index contributed by atoms with van der Waals surface area (Å²) < 4.78 is 0. The average Bonchev–Trinajstić information content (AvgIpc) is 2.38. The third-order valence-electron chi connectivity index (χ3n) is 3.91. The highest BCUT2D eigenvalue weighted by Gasteiger charge is 2.30. The van der Waals surface area contributed by atoms with Crippen LogP contribution in [0.1, 0.15) is 37.0 Å². The number of amides is 1. The molecule has 0 atom stereocenters. The number of anilines is 1. The highest BCUT2D eigenvalue weighted by atomic mass is 16.6. The fraction of sp³-hybridized carbons (Fsp3) is 0.500. The fourth-order valence-corrected chi connectivity index (χ4v) is 2.38. The summed E-state index contributed by atoms with van der Waals surface area (Å²) in [5.41, 5.74) is 5.95. The number of likely N-dealkylation sites (tertiary alicyclic amines) is 1. The summed E-state index contributed by atoms with van der Waals surface area (Å²) >= 11 is 0. The van der Waals surface area contributed by atoms with E-state index in [2.05, 4.69) is 13.8 Å². The number of nitrogens with zero attached hydrogens (tertiary/aromatic N) is 2. The molecule has 0 saturated carbocycles. The third kappa shape index (κ3) is 2.74. The van der Waals surface area contributed by atoms with Crippen LogP contribution in [0.3, 0.4) is 0 Å². The topological polar surface area (TPSA) is 89.5 Å². The van der Waals surface area contributed by atoms with Gasteiger partial charge in [-0.25, -0.2) is 0 Å². The van der Waals surface area contributed by atoms with E-state index in [0.717, 1.165) is 12.8 Å². The van der Waals surface area contributed by atoms with E-state index < -0.39 is 4.92 Å². The van der Waals surface area contributed by atoms with Gasteiger partial charge in [-0.15, -0.1) is 0 Å². The summed E-state index contributed by atoms with van der Waals surface area (Å²) in [4.78, 5) is 24.4. The van der Waals surface area contributed by atoms with Crippen molar-refractivity contribution in [3.05, 3.63) is 33.9 Å². The first-order valence-corrected chi connectivity index (χ1v) is 6.64. The first-order valence-electron chi connectivity index (χ1n) is 6.64. The molecule has 0 bridgehead atoms. The lowest BCUT2D eigenvalue weighted by Crippen LogP contribution is -2.41. The standard InChI is InChI=1S/C14H19N3O3/c1-14(2)6-8-16(9-7-14)13(18)10-4-3-5-11(12(10)15)17(19)20/h3-5H,6-9,15H2,1-2H3. The normalized spacial score (nSPS) is 17.8. The van der Waals surface area contributed by atoms with Crippen molar-refractivity contribution in [2.45, 2.75) is 26.7 Å². The van der Waals surface area contributed by atoms with Crippen LogP contribution in [0.2, 0.25) is 0 Å². The summed E-state index contributed by atoms with van der Waals surface area (Å²) in [6, 6.07) is 4.35. The summed E-state index contributed by atoms with van der Waals surface area (Å²) in [5.74, 6) is -0.221. The van der Waals surface area contributed by atoms with Crippen LogP contribution < -0.4 is 5.73 Å². The molecule has 2 rings (SSSR count). The Kier molecular flexibility index (Phi) is 3.65. The highest BCUT2D eigenvalue weighted by molar-refractivity contribution is 6.01. The molecular weight excluding hydrogens is 258 g/mol. The number of carbonyl (C=O) groups is 1. The van der Waals surface area contributed by atoms with Crippen LogP contribution in [0, 0.1) is 15.5 Å². The molecule has 1 aliphatic rings. The van der Waals surface area contributed by atoms with Gasteiger partial charge in [0.05, 0.1) is 10.5 Å². The van der Waals surface area contributed by atoms with Crippen molar-refractivity contribution in [3.63, 3.8) is 0 Å². The fourth-order valence-electron chi connectivity index (χ4n) is 2.38. The van der Waals surface area contributed by atoms with E-state index >= 15 is 0 Å². The molecule has 0 unspecified atom stereocenters. The minimum atomic E-state index is -0.564. The summed E-state index contributed by atoms with van der Waals surface area (Å²) in [5, 5.41) is 10.9. The maximum atomic E-state index is 12.4. The quantitative estimate of drug-likeness (QED) is 0.510. The number of carbonyl (C=O) groups excluding carboxylic acids is 1. The predicted molar refractivity (Wildman–Crippen MR) is 76.4 cm³/mol. The van der Waals surface area contributed by atoms with Crippen molar-refractivity contribution in [1.29, 1.82) is 0 Å². The number of piperidine rings is 1. The summed E-state index contributed by atoms with van der Waals surface area (Å²) in [7, 11) is 0. The Hall–Kier alpha value is -2.11. The molecule has 2 N–H and O–H groups in total. The molecule has 1 aromatic rings. The van der Waals surface area contributed by atoms with Crippen molar-refractivity contribution in [2.24, 2.45) is 5.41 Å². The number of hydrogen-bond acceptors (Lipinski definition) is 4. The lowest BCUT2D eigenvalue weighted by atomic mass is 9.82. The van der Waals surface area contributed by atoms with Crippen LogP contribution >= 0.6 is 0 Å². The van der Waals surface area contributed by atoms with Crippen LogP contribution in [0.15, 0.2) is 18.2 Å². The van der Waals surface area contributed by atoms with Crippen LogP contribution in [0.4, 0.5) is 11.4 Å². The molecule has 1 aliphatic heterocycles. The molecule has 1 heterocycles. The largest absolute Gasteiger partial charge is 0.393 e. The highest BCUT2D eigenvalue weighted by Crippen LogP contribution is 2.32. The van der Waals surface area contributed by atoms with Gasteiger partial charge < -0.3 is 10.6 Å². The lowest BCUT2D eigenvalue weighted by Gasteiger charge is -2.37. The van der Waals surface area contributed by atoms with Gasteiger partial charge in [-0.1, -0.05) is 19.9 Å². The molecule has 6 nitrogen and oxygen atoms in total. The molecule has 0 spiro atoms. The second-order valence-corrected chi connectivity index (χ2v) is 5.95. The molecule has 0 radical (unpaired) electrons. The Labute approximate surface area is 117 Å². The summed E-state index contributed by atoms with van der Waals surface area (Å²) in [6.07, 6.45) is 1.85. The van der Waals surface area contributed by atoms with Gasteiger partial charge in [0.1, 0.15) is 5.69 Å². The zero-order valence-corrected chi connectivity index (χ0v) is 11.8. The van der Waals surface area contributed by atoms with E-state index in [-0.39, 0.29) is 28.3 Å². The van der Waals surface area contributed by atoms with Crippen molar-refractivity contribution < 1.29 is 9.72 Å². The maximum absolute atomic E-state index is 12.4. The molecule has 6 heteroatoms. The van der Waals surface area contributed by atoms with Crippen molar-refractivity contribution in [3.8, 4) is 0 Å². The van der Waals surface area contributed by atoms with Crippen LogP contribution in [0.25, 0.3) is 0 Å². The molecule has 1 saturated heterocycles. The van der Waals surface area contributed by atoms with Gasteiger partial charge in [0.25, 0.3) is 11.6 Å². The Morgan fingerprint density at radius 3 is 2.50 bits per heavy atom. The zero-order chi connectivity index (χ0) is 14.9.